The van der Waals surface area contributed by atoms with Crippen molar-refractivity contribution in [3.8, 4) is 5.82 Å². The minimum atomic E-state index is -0.248. The number of β-amino-alcohol motifs (C(OH)–C–C–N with tert-alkyl or cyclic N) is 1. The summed E-state index contributed by atoms with van der Waals surface area (Å²) in [5, 5.41) is 18.9. The second-order valence-corrected chi connectivity index (χ2v) is 10.1. The summed E-state index contributed by atoms with van der Waals surface area (Å²) in [6, 6.07) is 7.84. The van der Waals surface area contributed by atoms with Crippen molar-refractivity contribution in [3.05, 3.63) is 59.7 Å². The molecule has 6 rings (SSSR count). The van der Waals surface area contributed by atoms with Crippen molar-refractivity contribution in [2.24, 2.45) is 13.0 Å². The van der Waals surface area contributed by atoms with Crippen LogP contribution in [0.3, 0.4) is 0 Å². The number of fused-ring (bicyclic) bond motifs is 1. The van der Waals surface area contributed by atoms with Crippen LogP contribution in [0.5, 0.6) is 0 Å². The number of aromatic nitrogens is 5. The highest BCUT2D eigenvalue weighted by Crippen LogP contribution is 2.36. The fraction of sp³-hybridized carbons (Fsp3) is 0.407. The van der Waals surface area contributed by atoms with Gasteiger partial charge in [0.1, 0.15) is 0 Å². The van der Waals surface area contributed by atoms with Gasteiger partial charge in [-0.15, -0.1) is 0 Å². The Bertz CT molecular complexity index is 1440. The summed E-state index contributed by atoms with van der Waals surface area (Å²) >= 11 is 0. The van der Waals surface area contributed by atoms with Crippen LogP contribution in [0, 0.1) is 12.8 Å². The molecule has 4 aromatic rings. The molecule has 2 N–H and O–H groups in total. The molecule has 1 unspecified atom stereocenters. The average Bonchev–Trinajstić information content (AvgIpc) is 3.58. The molecule has 2 aliphatic rings. The molecule has 1 saturated carbocycles. The lowest BCUT2D eigenvalue weighted by Gasteiger charge is -2.29. The Morgan fingerprint density at radius 2 is 2.06 bits per heavy atom. The van der Waals surface area contributed by atoms with Crippen LogP contribution in [0.2, 0.25) is 0 Å². The lowest BCUT2D eigenvalue weighted by Crippen LogP contribution is -2.37. The fourth-order valence-corrected chi connectivity index (χ4v) is 5.08. The number of carbonyl (C=O) groups is 1. The molecule has 0 amide bonds. The van der Waals surface area contributed by atoms with Crippen LogP contribution in [0.25, 0.3) is 16.7 Å². The molecule has 36 heavy (non-hydrogen) atoms. The van der Waals surface area contributed by atoms with Crippen molar-refractivity contribution < 1.29 is 9.90 Å². The Morgan fingerprint density at radius 3 is 2.86 bits per heavy atom. The molecule has 1 aliphatic heterocycles. The molecule has 9 nitrogen and oxygen atoms in total. The third-order valence-electron chi connectivity index (χ3n) is 7.21. The quantitative estimate of drug-likeness (QED) is 0.385. The Morgan fingerprint density at radius 1 is 1.19 bits per heavy atom. The fourth-order valence-electron chi connectivity index (χ4n) is 5.08. The van der Waals surface area contributed by atoms with E-state index < -0.39 is 0 Å². The summed E-state index contributed by atoms with van der Waals surface area (Å²) in [4.78, 5) is 24.2. The number of rotatable bonds is 7. The molecule has 0 radical (unpaired) electrons. The van der Waals surface area contributed by atoms with Gasteiger partial charge in [0.25, 0.3) is 0 Å². The summed E-state index contributed by atoms with van der Waals surface area (Å²) in [5.41, 5.74) is 4.72. The van der Waals surface area contributed by atoms with Gasteiger partial charge in [-0.3, -0.25) is 9.69 Å². The summed E-state index contributed by atoms with van der Waals surface area (Å²) in [7, 11) is 1.97. The van der Waals surface area contributed by atoms with Crippen LogP contribution in [0.1, 0.15) is 47.3 Å². The van der Waals surface area contributed by atoms with Gasteiger partial charge in [-0.2, -0.15) is 10.1 Å². The number of nitrogens with zero attached hydrogens (tertiary/aromatic N) is 6. The Kier molecular flexibility index (Phi) is 5.81. The zero-order chi connectivity index (χ0) is 24.8. The summed E-state index contributed by atoms with van der Waals surface area (Å²) in [5.74, 6) is 1.55. The zero-order valence-electron chi connectivity index (χ0n) is 20.7. The molecule has 1 aromatic carbocycles. The summed E-state index contributed by atoms with van der Waals surface area (Å²) in [6.45, 7) is 4.45. The Labute approximate surface area is 209 Å². The van der Waals surface area contributed by atoms with E-state index in [-0.39, 0.29) is 17.8 Å². The molecular formula is C27H31N7O2. The van der Waals surface area contributed by atoms with Gasteiger partial charge in [0.15, 0.2) is 11.6 Å². The topological polar surface area (TPSA) is 101 Å². The highest BCUT2D eigenvalue weighted by atomic mass is 16.3. The number of aryl methyl sites for hydroxylation is 2. The number of likely N-dealkylation sites (tertiary alicyclic amines) is 1. The first-order valence-electron chi connectivity index (χ1n) is 12.6. The monoisotopic (exact) mass is 485 g/mol. The van der Waals surface area contributed by atoms with Crippen molar-refractivity contribution in [2.45, 2.75) is 45.3 Å². The Hall–Kier alpha value is -3.56. The summed E-state index contributed by atoms with van der Waals surface area (Å²) < 4.78 is 3.79. The number of carbonyl (C=O) groups excluding carboxylic acids is 1. The van der Waals surface area contributed by atoms with Crippen LogP contribution >= 0.6 is 0 Å². The molecule has 1 saturated heterocycles. The van der Waals surface area contributed by atoms with Gasteiger partial charge < -0.3 is 15.0 Å². The number of anilines is 2. The first kappa shape index (κ1) is 22.9. The number of Topliss-reactive ketones (excluding diaryl/α,β-unsaturated/α-hetero) is 1. The molecule has 186 valence electrons. The maximum atomic E-state index is 12.8. The number of ketones is 1. The first-order chi connectivity index (χ1) is 17.4. The number of hydrogen-bond donors (Lipinski definition) is 2. The molecule has 0 bridgehead atoms. The smallest absolute Gasteiger partial charge is 0.229 e. The highest BCUT2D eigenvalue weighted by Gasteiger charge is 2.32. The van der Waals surface area contributed by atoms with Gasteiger partial charge in [0, 0.05) is 78.4 Å². The minimum absolute atomic E-state index is 0.176. The maximum Gasteiger partial charge on any atom is 0.229 e. The number of aliphatic hydroxyl groups excluding tert-OH is 1. The molecule has 4 heterocycles. The van der Waals surface area contributed by atoms with Crippen LogP contribution in [0.15, 0.2) is 42.9 Å². The SMILES string of the molecule is Cc1nn(-c2ccnc(Nc3ccc4c(c3)c(C(=O)C3CC3)cn4C)n2)cc1CN1CCCC(O)C1. The number of aliphatic hydroxyl groups is 1. The minimum Gasteiger partial charge on any atom is -0.392 e. The second kappa shape index (κ2) is 9.15. The molecule has 9 heteroatoms. The molecule has 2 fully saturated rings. The summed E-state index contributed by atoms with van der Waals surface area (Å²) in [6.07, 6.45) is 9.28. The van der Waals surface area contributed by atoms with E-state index >= 15 is 0 Å². The average molecular weight is 486 g/mol. The maximum absolute atomic E-state index is 12.8. The van der Waals surface area contributed by atoms with Gasteiger partial charge >= 0.3 is 0 Å². The van der Waals surface area contributed by atoms with E-state index in [0.717, 1.165) is 72.2 Å². The van der Waals surface area contributed by atoms with Gasteiger partial charge in [-0.1, -0.05) is 0 Å². The third-order valence-corrected chi connectivity index (χ3v) is 7.21. The number of piperidine rings is 1. The van der Waals surface area contributed by atoms with E-state index in [1.54, 1.807) is 10.9 Å². The predicted molar refractivity (Wildman–Crippen MR) is 138 cm³/mol. The van der Waals surface area contributed by atoms with E-state index in [1.807, 2.05) is 55.2 Å². The van der Waals surface area contributed by atoms with Gasteiger partial charge in [0.05, 0.1) is 11.8 Å². The number of hydrogen-bond acceptors (Lipinski definition) is 7. The Balaban J connectivity index is 1.23. The van der Waals surface area contributed by atoms with Crippen molar-refractivity contribution in [1.82, 2.24) is 29.2 Å². The van der Waals surface area contributed by atoms with E-state index in [2.05, 4.69) is 25.3 Å². The largest absolute Gasteiger partial charge is 0.392 e. The van der Waals surface area contributed by atoms with Crippen LogP contribution < -0.4 is 5.32 Å². The van der Waals surface area contributed by atoms with E-state index in [9.17, 15) is 9.90 Å². The number of benzene rings is 1. The highest BCUT2D eigenvalue weighted by molar-refractivity contribution is 6.10. The molecule has 1 atom stereocenters. The van der Waals surface area contributed by atoms with Gasteiger partial charge in [-0.25, -0.2) is 9.67 Å². The second-order valence-electron chi connectivity index (χ2n) is 10.1. The predicted octanol–water partition coefficient (Wildman–Crippen LogP) is 3.76. The molecular weight excluding hydrogens is 454 g/mol. The van der Waals surface area contributed by atoms with Crippen LogP contribution in [-0.2, 0) is 13.6 Å². The lowest BCUT2D eigenvalue weighted by atomic mass is 10.1. The van der Waals surface area contributed by atoms with E-state index in [4.69, 9.17) is 0 Å². The van der Waals surface area contributed by atoms with Gasteiger partial charge in [0.2, 0.25) is 5.95 Å². The van der Waals surface area contributed by atoms with E-state index in [1.165, 1.54) is 0 Å². The van der Waals surface area contributed by atoms with Crippen molar-refractivity contribution in [1.29, 1.82) is 0 Å². The van der Waals surface area contributed by atoms with Crippen LogP contribution in [-0.4, -0.2) is 59.3 Å². The standard InChI is InChI=1S/C27H31N7O2/c1-17-19(13-33-11-3-4-21(35)15-33)14-34(31-17)25-9-10-28-27(30-25)29-20-7-8-24-22(12-20)23(16-32(24)2)26(36)18-5-6-18/h7-10,12,14,16,18,21,35H,3-6,11,13,15H2,1-2H3,(H,28,29,30). The third kappa shape index (κ3) is 4.52. The lowest BCUT2D eigenvalue weighted by molar-refractivity contribution is 0.0667. The van der Waals surface area contributed by atoms with Crippen molar-refractivity contribution in [3.63, 3.8) is 0 Å². The van der Waals surface area contributed by atoms with Crippen LogP contribution in [0.4, 0.5) is 11.6 Å². The normalized spacial score (nSPS) is 18.6. The van der Waals surface area contributed by atoms with Crippen molar-refractivity contribution >= 4 is 28.3 Å². The van der Waals surface area contributed by atoms with E-state index in [0.29, 0.717) is 18.3 Å². The van der Waals surface area contributed by atoms with Crippen molar-refractivity contribution in [2.75, 3.05) is 18.4 Å². The first-order valence-corrected chi connectivity index (χ1v) is 12.6. The molecule has 1 aliphatic carbocycles. The zero-order valence-corrected chi connectivity index (χ0v) is 20.7. The number of nitrogens with one attached hydrogen (secondary N) is 1. The van der Waals surface area contributed by atoms with Gasteiger partial charge in [-0.05, 0) is 57.4 Å². The molecule has 3 aromatic heterocycles. The molecule has 0 spiro atoms.